The second kappa shape index (κ2) is 9.94. The van der Waals surface area contributed by atoms with E-state index >= 15 is 0 Å². The van der Waals surface area contributed by atoms with Crippen LogP contribution >= 0.6 is 0 Å². The highest BCUT2D eigenvalue weighted by Gasteiger charge is 2.71. The monoisotopic (exact) mass is 486 g/mol. The van der Waals surface area contributed by atoms with Crippen LogP contribution in [-0.4, -0.2) is 29.2 Å². The lowest BCUT2D eigenvalue weighted by atomic mass is 9.92. The van der Waals surface area contributed by atoms with Gasteiger partial charge in [-0.3, -0.25) is 0 Å². The number of aliphatic hydroxyl groups excluding tert-OH is 1. The van der Waals surface area contributed by atoms with E-state index in [0.29, 0.717) is 29.0 Å². The van der Waals surface area contributed by atoms with Gasteiger partial charge in [0.05, 0.1) is 6.61 Å². The van der Waals surface area contributed by atoms with Crippen molar-refractivity contribution in [3.63, 3.8) is 0 Å². The summed E-state index contributed by atoms with van der Waals surface area (Å²) < 4.78 is 90.1. The van der Waals surface area contributed by atoms with Crippen LogP contribution in [0.2, 0.25) is 0 Å². The highest BCUT2D eigenvalue weighted by Crippen LogP contribution is 2.50. The zero-order valence-electron chi connectivity index (χ0n) is 17.5. The van der Waals surface area contributed by atoms with E-state index < -0.39 is 29.6 Å². The smallest absolute Gasteiger partial charge is 0.430 e. The van der Waals surface area contributed by atoms with Crippen LogP contribution in [0.25, 0.3) is 0 Å². The fourth-order valence-corrected chi connectivity index (χ4v) is 3.16. The minimum absolute atomic E-state index is 0.0245. The Hall–Kier alpha value is -3.24. The number of halogens is 6. The van der Waals surface area contributed by atoms with Gasteiger partial charge in [-0.1, -0.05) is 54.6 Å². The Balaban J connectivity index is 1.82. The highest BCUT2D eigenvalue weighted by molar-refractivity contribution is 5.34. The molecule has 0 bridgehead atoms. The first kappa shape index (κ1) is 25.4. The summed E-state index contributed by atoms with van der Waals surface area (Å²) in [6.07, 6.45) is -12.7. The highest BCUT2D eigenvalue weighted by atomic mass is 19.4. The summed E-state index contributed by atoms with van der Waals surface area (Å²) in [5.41, 5.74) is -5.06. The first-order valence-electron chi connectivity index (χ1n) is 9.96. The third-order valence-electron chi connectivity index (χ3n) is 5.05. The van der Waals surface area contributed by atoms with Gasteiger partial charge in [-0.05, 0) is 35.4 Å². The van der Waals surface area contributed by atoms with Crippen molar-refractivity contribution in [3.05, 3.63) is 95.6 Å². The Morgan fingerprint density at radius 3 is 1.74 bits per heavy atom. The quantitative estimate of drug-likeness (QED) is 0.402. The summed E-state index contributed by atoms with van der Waals surface area (Å²) in [5.74, 6) is 0.445. The molecule has 0 aliphatic rings. The van der Waals surface area contributed by atoms with Crippen molar-refractivity contribution >= 4 is 0 Å². The molecule has 4 nitrogen and oxygen atoms in total. The Labute approximate surface area is 191 Å². The average Bonchev–Trinajstić information content (AvgIpc) is 2.81. The van der Waals surface area contributed by atoms with E-state index in [2.05, 4.69) is 0 Å². The molecule has 0 aliphatic heterocycles. The predicted octanol–water partition coefficient (Wildman–Crippen LogP) is 5.69. The van der Waals surface area contributed by atoms with Gasteiger partial charge in [0.1, 0.15) is 18.1 Å². The van der Waals surface area contributed by atoms with Crippen LogP contribution in [0.4, 0.5) is 26.3 Å². The van der Waals surface area contributed by atoms with E-state index in [1.165, 1.54) is 0 Å². The summed E-state index contributed by atoms with van der Waals surface area (Å²) in [6.45, 7) is -0.164. The van der Waals surface area contributed by atoms with Gasteiger partial charge in [0.15, 0.2) is 6.10 Å². The van der Waals surface area contributed by atoms with E-state index in [-0.39, 0.29) is 19.0 Å². The molecule has 10 heteroatoms. The van der Waals surface area contributed by atoms with Crippen LogP contribution in [0, 0.1) is 0 Å². The third-order valence-corrected chi connectivity index (χ3v) is 5.05. The number of rotatable bonds is 8. The van der Waals surface area contributed by atoms with Crippen LogP contribution in [0.1, 0.15) is 22.8 Å². The van der Waals surface area contributed by atoms with Gasteiger partial charge in [-0.25, -0.2) is 0 Å². The van der Waals surface area contributed by atoms with E-state index in [4.69, 9.17) is 14.6 Å². The number of hydrogen-bond acceptors (Lipinski definition) is 4. The van der Waals surface area contributed by atoms with Gasteiger partial charge < -0.3 is 19.7 Å². The lowest BCUT2D eigenvalue weighted by molar-refractivity contribution is -0.376. The molecule has 3 rings (SSSR count). The molecule has 1 atom stereocenters. The SMILES string of the molecule is OCc1ccc(OCC(Oc2ccc(C(O)(C(F)(F)F)C(F)(F)F)cc2)c2ccccc2)cc1. The van der Waals surface area contributed by atoms with Crippen molar-refractivity contribution in [2.75, 3.05) is 6.61 Å². The number of aliphatic hydroxyl groups is 2. The molecule has 0 aliphatic carbocycles. The molecule has 34 heavy (non-hydrogen) atoms. The largest absolute Gasteiger partial charge is 0.489 e. The maximum atomic E-state index is 13.1. The molecule has 0 saturated heterocycles. The van der Waals surface area contributed by atoms with Crippen LogP contribution < -0.4 is 9.47 Å². The maximum Gasteiger partial charge on any atom is 0.430 e. The van der Waals surface area contributed by atoms with Crippen LogP contribution in [-0.2, 0) is 12.2 Å². The Kier molecular flexibility index (Phi) is 7.42. The molecule has 0 radical (unpaired) electrons. The normalized spacial score (nSPS) is 13.4. The van der Waals surface area contributed by atoms with Crippen molar-refractivity contribution in [1.82, 2.24) is 0 Å². The zero-order valence-corrected chi connectivity index (χ0v) is 17.5. The summed E-state index contributed by atoms with van der Waals surface area (Å²) in [4.78, 5) is 0. The second-order valence-electron chi connectivity index (χ2n) is 7.36. The lowest BCUT2D eigenvalue weighted by Gasteiger charge is -2.32. The van der Waals surface area contributed by atoms with Crippen LogP contribution in [0.5, 0.6) is 11.5 Å². The standard InChI is InChI=1S/C24H20F6O4/c25-23(26,27)22(32,24(28,29)30)18-8-12-20(13-9-18)34-21(17-4-2-1-3-5-17)15-33-19-10-6-16(14-31)7-11-19/h1-13,21,31-32H,14-15H2. The van der Waals surface area contributed by atoms with Gasteiger partial charge in [-0.2, -0.15) is 26.3 Å². The number of ether oxygens (including phenoxy) is 2. The minimum atomic E-state index is -5.97. The summed E-state index contributed by atoms with van der Waals surface area (Å²) in [5, 5.41) is 18.6. The topological polar surface area (TPSA) is 58.9 Å². The maximum absolute atomic E-state index is 13.1. The van der Waals surface area contributed by atoms with Crippen molar-refractivity contribution in [1.29, 1.82) is 0 Å². The molecule has 182 valence electrons. The Morgan fingerprint density at radius 2 is 1.24 bits per heavy atom. The number of benzene rings is 3. The number of alkyl halides is 6. The van der Waals surface area contributed by atoms with E-state index in [9.17, 15) is 31.4 Å². The number of hydrogen-bond donors (Lipinski definition) is 2. The van der Waals surface area contributed by atoms with E-state index in [0.717, 1.165) is 12.1 Å². The third kappa shape index (κ3) is 5.45. The molecule has 2 N–H and O–H groups in total. The molecule has 0 spiro atoms. The van der Waals surface area contributed by atoms with Gasteiger partial charge in [-0.15, -0.1) is 0 Å². The Bertz CT molecular complexity index is 1030. The van der Waals surface area contributed by atoms with E-state index in [1.807, 2.05) is 0 Å². The van der Waals surface area contributed by atoms with Gasteiger partial charge in [0.2, 0.25) is 0 Å². The van der Waals surface area contributed by atoms with Crippen molar-refractivity contribution in [2.24, 2.45) is 0 Å². The fourth-order valence-electron chi connectivity index (χ4n) is 3.16. The summed E-state index contributed by atoms with van der Waals surface area (Å²) in [6, 6.07) is 18.2. The molecule has 0 aromatic heterocycles. The van der Waals surface area contributed by atoms with Crippen LogP contribution in [0.3, 0.4) is 0 Å². The van der Waals surface area contributed by atoms with Crippen molar-refractivity contribution in [2.45, 2.75) is 30.7 Å². The molecule has 3 aromatic carbocycles. The Morgan fingerprint density at radius 1 is 0.706 bits per heavy atom. The molecule has 1 unspecified atom stereocenters. The molecule has 0 fully saturated rings. The van der Waals surface area contributed by atoms with E-state index in [1.54, 1.807) is 54.6 Å². The second-order valence-corrected chi connectivity index (χ2v) is 7.36. The fraction of sp³-hybridized carbons (Fsp3) is 0.250. The zero-order chi connectivity index (χ0) is 25.0. The van der Waals surface area contributed by atoms with Crippen molar-refractivity contribution in [3.8, 4) is 11.5 Å². The molecular weight excluding hydrogens is 466 g/mol. The predicted molar refractivity (Wildman–Crippen MR) is 110 cm³/mol. The molecule has 3 aromatic rings. The van der Waals surface area contributed by atoms with Crippen molar-refractivity contribution < 1.29 is 46.0 Å². The first-order valence-corrected chi connectivity index (χ1v) is 9.96. The van der Waals surface area contributed by atoms with Gasteiger partial charge in [0, 0.05) is 5.56 Å². The summed E-state index contributed by atoms with van der Waals surface area (Å²) in [7, 11) is 0. The summed E-state index contributed by atoms with van der Waals surface area (Å²) >= 11 is 0. The first-order chi connectivity index (χ1) is 16.0. The molecular formula is C24H20F6O4. The lowest BCUT2D eigenvalue weighted by Crippen LogP contribution is -2.53. The van der Waals surface area contributed by atoms with Gasteiger partial charge >= 0.3 is 12.4 Å². The average molecular weight is 486 g/mol. The van der Waals surface area contributed by atoms with Gasteiger partial charge in [0.25, 0.3) is 5.60 Å². The van der Waals surface area contributed by atoms with Crippen LogP contribution in [0.15, 0.2) is 78.9 Å². The molecule has 0 saturated carbocycles. The molecule has 0 heterocycles. The minimum Gasteiger partial charge on any atom is -0.489 e. The molecule has 0 amide bonds.